The molecule has 0 radical (unpaired) electrons. The van der Waals surface area contributed by atoms with E-state index in [1.54, 1.807) is 11.8 Å². The second kappa shape index (κ2) is 4.94. The van der Waals surface area contributed by atoms with Gasteiger partial charge in [0.2, 0.25) is 0 Å². The molecule has 2 aromatic carbocycles. The van der Waals surface area contributed by atoms with E-state index < -0.39 is 0 Å². The number of nitrogen functional groups attached to an aromatic ring is 2. The second-order valence-corrected chi connectivity index (χ2v) is 6.36. The Kier molecular flexibility index (Phi) is 3.26. The van der Waals surface area contributed by atoms with Crippen LogP contribution in [0.2, 0.25) is 0 Å². The summed E-state index contributed by atoms with van der Waals surface area (Å²) in [7, 11) is 0. The number of nitrogens with two attached hydrogens (primary N) is 2. The van der Waals surface area contributed by atoms with Crippen LogP contribution in [0.4, 0.5) is 22.7 Å². The number of hydrogen-bond acceptors (Lipinski definition) is 4. The van der Waals surface area contributed by atoms with Gasteiger partial charge in [-0.05, 0) is 48.2 Å². The summed E-state index contributed by atoms with van der Waals surface area (Å²) in [5.41, 5.74) is 17.1. The van der Waals surface area contributed by atoms with E-state index in [9.17, 15) is 0 Å². The minimum absolute atomic E-state index is 0.482. The molecule has 2 aromatic rings. The van der Waals surface area contributed by atoms with E-state index in [0.29, 0.717) is 5.92 Å². The standard InChI is InChI=1S/C16H19N3S/c1-3-9(2)12-6-11(18)8-15-16(12)19-13-5-4-10(17)7-14(13)20-15/h4-9,19H,3,17-18H2,1-2H3. The first kappa shape index (κ1) is 13.2. The fraction of sp³-hybridized carbons (Fsp3) is 0.250. The second-order valence-electron chi connectivity index (χ2n) is 5.28. The molecule has 1 heterocycles. The van der Waals surface area contributed by atoms with Crippen LogP contribution in [0.25, 0.3) is 0 Å². The molecule has 0 bridgehead atoms. The molecule has 0 spiro atoms. The van der Waals surface area contributed by atoms with Gasteiger partial charge in [0.15, 0.2) is 0 Å². The van der Waals surface area contributed by atoms with Crippen LogP contribution >= 0.6 is 11.8 Å². The van der Waals surface area contributed by atoms with Crippen molar-refractivity contribution in [3.8, 4) is 0 Å². The molecule has 5 N–H and O–H groups in total. The highest BCUT2D eigenvalue weighted by Crippen LogP contribution is 2.48. The Morgan fingerprint density at radius 3 is 2.60 bits per heavy atom. The van der Waals surface area contributed by atoms with Crippen LogP contribution in [0.15, 0.2) is 40.1 Å². The maximum absolute atomic E-state index is 6.06. The van der Waals surface area contributed by atoms with Crippen molar-refractivity contribution < 1.29 is 0 Å². The third-order valence-electron chi connectivity index (χ3n) is 3.78. The molecule has 0 saturated heterocycles. The van der Waals surface area contributed by atoms with Crippen molar-refractivity contribution in [2.75, 3.05) is 16.8 Å². The van der Waals surface area contributed by atoms with E-state index in [-0.39, 0.29) is 0 Å². The van der Waals surface area contributed by atoms with Crippen molar-refractivity contribution >= 4 is 34.5 Å². The molecule has 1 aliphatic heterocycles. The van der Waals surface area contributed by atoms with E-state index in [0.717, 1.165) is 28.4 Å². The molecule has 104 valence electrons. The fourth-order valence-corrected chi connectivity index (χ4v) is 3.59. The lowest BCUT2D eigenvalue weighted by atomic mass is 9.96. The highest BCUT2D eigenvalue weighted by Gasteiger charge is 2.21. The molecule has 20 heavy (non-hydrogen) atoms. The van der Waals surface area contributed by atoms with Gasteiger partial charge in [0.25, 0.3) is 0 Å². The third-order valence-corrected chi connectivity index (χ3v) is 4.88. The van der Waals surface area contributed by atoms with E-state index >= 15 is 0 Å². The molecule has 3 rings (SSSR count). The van der Waals surface area contributed by atoms with Gasteiger partial charge in [-0.2, -0.15) is 0 Å². The molecule has 1 unspecified atom stereocenters. The van der Waals surface area contributed by atoms with Gasteiger partial charge in [-0.25, -0.2) is 0 Å². The summed E-state index contributed by atoms with van der Waals surface area (Å²) >= 11 is 1.73. The smallest absolute Gasteiger partial charge is 0.0563 e. The Balaban J connectivity index is 2.11. The largest absolute Gasteiger partial charge is 0.399 e. The molecule has 0 aliphatic carbocycles. The number of anilines is 4. The summed E-state index contributed by atoms with van der Waals surface area (Å²) in [6.07, 6.45) is 1.09. The number of fused-ring (bicyclic) bond motifs is 2. The Labute approximate surface area is 123 Å². The van der Waals surface area contributed by atoms with Crippen LogP contribution in [-0.4, -0.2) is 0 Å². The quantitative estimate of drug-likeness (QED) is 0.603. The number of rotatable bonds is 2. The SMILES string of the molecule is CCC(C)c1cc(N)cc2c1Nc1ccc(N)cc1S2. The van der Waals surface area contributed by atoms with Crippen LogP contribution in [0, 0.1) is 0 Å². The first-order valence-corrected chi connectivity index (χ1v) is 7.68. The highest BCUT2D eigenvalue weighted by atomic mass is 32.2. The first-order valence-electron chi connectivity index (χ1n) is 6.86. The van der Waals surface area contributed by atoms with Crippen molar-refractivity contribution in [1.29, 1.82) is 0 Å². The topological polar surface area (TPSA) is 64.1 Å². The van der Waals surface area contributed by atoms with Crippen LogP contribution in [0.3, 0.4) is 0 Å². The molecular weight excluding hydrogens is 266 g/mol. The van der Waals surface area contributed by atoms with E-state index in [1.807, 2.05) is 24.3 Å². The molecular formula is C16H19N3S. The predicted molar refractivity (Wildman–Crippen MR) is 87.8 cm³/mol. The number of hydrogen-bond donors (Lipinski definition) is 3. The van der Waals surface area contributed by atoms with E-state index in [4.69, 9.17) is 11.5 Å². The zero-order valence-corrected chi connectivity index (χ0v) is 12.6. The first-order chi connectivity index (χ1) is 9.58. The van der Waals surface area contributed by atoms with Crippen molar-refractivity contribution in [1.82, 2.24) is 0 Å². The predicted octanol–water partition coefficient (Wildman–Crippen LogP) is 4.57. The Morgan fingerprint density at radius 1 is 1.10 bits per heavy atom. The zero-order chi connectivity index (χ0) is 14.3. The van der Waals surface area contributed by atoms with Gasteiger partial charge in [-0.1, -0.05) is 25.6 Å². The van der Waals surface area contributed by atoms with E-state index in [1.165, 1.54) is 16.1 Å². The van der Waals surface area contributed by atoms with Gasteiger partial charge in [-0.15, -0.1) is 0 Å². The third kappa shape index (κ3) is 2.20. The summed E-state index contributed by atoms with van der Waals surface area (Å²) in [4.78, 5) is 2.33. The van der Waals surface area contributed by atoms with Gasteiger partial charge in [0.1, 0.15) is 0 Å². The normalized spacial score (nSPS) is 14.1. The molecule has 1 atom stereocenters. The molecule has 0 aromatic heterocycles. The van der Waals surface area contributed by atoms with Crippen molar-refractivity contribution in [2.45, 2.75) is 36.0 Å². The molecule has 3 nitrogen and oxygen atoms in total. The van der Waals surface area contributed by atoms with Gasteiger partial charge in [-0.3, -0.25) is 0 Å². The number of nitrogens with one attached hydrogen (secondary N) is 1. The minimum Gasteiger partial charge on any atom is -0.399 e. The fourth-order valence-electron chi connectivity index (χ4n) is 2.46. The van der Waals surface area contributed by atoms with Crippen molar-refractivity contribution in [3.05, 3.63) is 35.9 Å². The molecule has 0 amide bonds. The number of benzene rings is 2. The van der Waals surface area contributed by atoms with Crippen LogP contribution < -0.4 is 16.8 Å². The Morgan fingerprint density at radius 2 is 1.85 bits per heavy atom. The Bertz CT molecular complexity index is 667. The summed E-state index contributed by atoms with van der Waals surface area (Å²) in [6.45, 7) is 4.44. The lowest BCUT2D eigenvalue weighted by Crippen LogP contribution is -2.07. The summed E-state index contributed by atoms with van der Waals surface area (Å²) in [6, 6.07) is 10.1. The maximum Gasteiger partial charge on any atom is 0.0563 e. The van der Waals surface area contributed by atoms with Crippen LogP contribution in [-0.2, 0) is 0 Å². The van der Waals surface area contributed by atoms with E-state index in [2.05, 4.69) is 25.2 Å². The molecule has 4 heteroatoms. The van der Waals surface area contributed by atoms with Gasteiger partial charge in [0, 0.05) is 21.2 Å². The lowest BCUT2D eigenvalue weighted by molar-refractivity contribution is 0.734. The minimum atomic E-state index is 0.482. The van der Waals surface area contributed by atoms with Crippen LogP contribution in [0.5, 0.6) is 0 Å². The molecule has 1 aliphatic rings. The van der Waals surface area contributed by atoms with Crippen molar-refractivity contribution in [2.24, 2.45) is 0 Å². The van der Waals surface area contributed by atoms with Crippen molar-refractivity contribution in [3.63, 3.8) is 0 Å². The lowest BCUT2D eigenvalue weighted by Gasteiger charge is -2.26. The molecule has 0 saturated carbocycles. The maximum atomic E-state index is 6.06. The zero-order valence-electron chi connectivity index (χ0n) is 11.7. The monoisotopic (exact) mass is 285 g/mol. The highest BCUT2D eigenvalue weighted by molar-refractivity contribution is 7.99. The summed E-state index contributed by atoms with van der Waals surface area (Å²) in [5.74, 6) is 0.482. The molecule has 0 fully saturated rings. The average Bonchev–Trinajstić information content (AvgIpc) is 2.43. The van der Waals surface area contributed by atoms with Gasteiger partial charge in [0.05, 0.1) is 11.4 Å². The van der Waals surface area contributed by atoms with Gasteiger partial charge >= 0.3 is 0 Å². The summed E-state index contributed by atoms with van der Waals surface area (Å²) in [5, 5.41) is 3.55. The van der Waals surface area contributed by atoms with Crippen LogP contribution in [0.1, 0.15) is 31.7 Å². The summed E-state index contributed by atoms with van der Waals surface area (Å²) < 4.78 is 0. The average molecular weight is 285 g/mol. The van der Waals surface area contributed by atoms with Gasteiger partial charge < -0.3 is 16.8 Å². The Hall–Kier alpha value is -1.81.